The Balaban J connectivity index is 1.92. The van der Waals surface area contributed by atoms with Crippen LogP contribution in [0.3, 0.4) is 0 Å². The maximum atomic E-state index is 12.0. The smallest absolute Gasteiger partial charge is 0.216 e. The lowest BCUT2D eigenvalue weighted by Gasteiger charge is -2.28. The van der Waals surface area contributed by atoms with E-state index in [9.17, 15) is 8.42 Å². The van der Waals surface area contributed by atoms with E-state index in [1.807, 2.05) is 6.92 Å². The number of hydrogen-bond acceptors (Lipinski definition) is 4. The molecule has 0 bridgehead atoms. The van der Waals surface area contributed by atoms with E-state index in [0.29, 0.717) is 19.6 Å². The van der Waals surface area contributed by atoms with Gasteiger partial charge in [0, 0.05) is 19.2 Å². The van der Waals surface area contributed by atoms with Gasteiger partial charge in [-0.25, -0.2) is 13.1 Å². The molecule has 5 nitrogen and oxygen atoms in total. The van der Waals surface area contributed by atoms with Gasteiger partial charge in [0.1, 0.15) is 0 Å². The van der Waals surface area contributed by atoms with Crippen molar-refractivity contribution in [3.05, 3.63) is 0 Å². The van der Waals surface area contributed by atoms with Gasteiger partial charge in [0.15, 0.2) is 0 Å². The third-order valence-corrected chi connectivity index (χ3v) is 5.21. The highest BCUT2D eigenvalue weighted by molar-refractivity contribution is 7.90. The van der Waals surface area contributed by atoms with Crippen molar-refractivity contribution in [3.8, 4) is 0 Å². The molecule has 16 heavy (non-hydrogen) atoms. The highest BCUT2D eigenvalue weighted by atomic mass is 32.2. The predicted octanol–water partition coefficient (Wildman–Crippen LogP) is -0.165. The van der Waals surface area contributed by atoms with Gasteiger partial charge in [0.05, 0.1) is 11.4 Å². The summed E-state index contributed by atoms with van der Waals surface area (Å²) in [6.07, 6.45) is 2.43. The van der Waals surface area contributed by atoms with E-state index >= 15 is 0 Å². The number of hydrogen-bond donors (Lipinski definition) is 2. The average Bonchev–Trinajstić information content (AvgIpc) is 2.69. The summed E-state index contributed by atoms with van der Waals surface area (Å²) in [5.41, 5.74) is 0. The van der Waals surface area contributed by atoms with Gasteiger partial charge in [-0.05, 0) is 32.7 Å². The Morgan fingerprint density at radius 3 is 2.81 bits per heavy atom. The van der Waals surface area contributed by atoms with Gasteiger partial charge >= 0.3 is 0 Å². The first-order valence-electron chi connectivity index (χ1n) is 5.91. The van der Waals surface area contributed by atoms with Crippen LogP contribution < -0.4 is 10.0 Å². The van der Waals surface area contributed by atoms with E-state index in [-0.39, 0.29) is 17.4 Å². The Kier molecular flexibility index (Phi) is 3.84. The molecule has 0 aromatic carbocycles. The van der Waals surface area contributed by atoms with Crippen LogP contribution in [0.4, 0.5) is 0 Å². The minimum absolute atomic E-state index is 0.0503. The molecule has 3 unspecified atom stereocenters. The van der Waals surface area contributed by atoms with Crippen LogP contribution in [0.1, 0.15) is 26.2 Å². The summed E-state index contributed by atoms with van der Waals surface area (Å²) in [4.78, 5) is 0. The zero-order valence-corrected chi connectivity index (χ0v) is 10.4. The zero-order valence-electron chi connectivity index (χ0n) is 9.61. The van der Waals surface area contributed by atoms with Crippen molar-refractivity contribution in [1.29, 1.82) is 0 Å². The van der Waals surface area contributed by atoms with Gasteiger partial charge in [0.25, 0.3) is 0 Å². The van der Waals surface area contributed by atoms with Crippen LogP contribution in [0, 0.1) is 0 Å². The molecule has 2 rings (SSSR count). The van der Waals surface area contributed by atoms with Crippen LogP contribution >= 0.6 is 0 Å². The summed E-state index contributed by atoms with van der Waals surface area (Å²) in [6.45, 7) is 4.01. The van der Waals surface area contributed by atoms with Crippen LogP contribution in [0.25, 0.3) is 0 Å². The Bertz CT molecular complexity index is 325. The van der Waals surface area contributed by atoms with Crippen LogP contribution in [0.15, 0.2) is 0 Å². The average molecular weight is 248 g/mol. The molecule has 0 aromatic rings. The third kappa shape index (κ3) is 2.94. The van der Waals surface area contributed by atoms with Gasteiger partial charge < -0.3 is 10.1 Å². The normalized spacial score (nSPS) is 36.4. The van der Waals surface area contributed by atoms with Crippen molar-refractivity contribution in [1.82, 2.24) is 10.0 Å². The molecular formula is C10H20N2O3S. The summed E-state index contributed by atoms with van der Waals surface area (Å²) in [5.74, 6) is 0. The lowest BCUT2D eigenvalue weighted by atomic mass is 10.1. The Labute approximate surface area is 97.0 Å². The Hall–Kier alpha value is -0.170. The van der Waals surface area contributed by atoms with Gasteiger partial charge in [-0.1, -0.05) is 0 Å². The molecule has 2 N–H and O–H groups in total. The van der Waals surface area contributed by atoms with Crippen molar-refractivity contribution >= 4 is 10.0 Å². The van der Waals surface area contributed by atoms with Crippen molar-refractivity contribution in [2.75, 3.05) is 19.7 Å². The van der Waals surface area contributed by atoms with E-state index in [4.69, 9.17) is 4.74 Å². The SMILES string of the molecule is CC1CC(NS(=O)(=O)C2CCNC2)CCO1. The predicted molar refractivity (Wildman–Crippen MR) is 61.8 cm³/mol. The molecule has 0 saturated carbocycles. The van der Waals surface area contributed by atoms with Crippen molar-refractivity contribution in [3.63, 3.8) is 0 Å². The Morgan fingerprint density at radius 2 is 2.19 bits per heavy atom. The summed E-state index contributed by atoms with van der Waals surface area (Å²) in [6, 6.07) is 0.0503. The van der Waals surface area contributed by atoms with Crippen molar-refractivity contribution in [2.45, 2.75) is 43.6 Å². The maximum absolute atomic E-state index is 12.0. The number of ether oxygens (including phenoxy) is 1. The molecule has 0 aromatic heterocycles. The second kappa shape index (κ2) is 5.00. The fraction of sp³-hybridized carbons (Fsp3) is 1.00. The van der Waals surface area contributed by atoms with E-state index < -0.39 is 10.0 Å². The largest absolute Gasteiger partial charge is 0.378 e. The van der Waals surface area contributed by atoms with Gasteiger partial charge in [-0.15, -0.1) is 0 Å². The molecule has 3 atom stereocenters. The molecule has 0 aliphatic carbocycles. The molecule has 2 heterocycles. The van der Waals surface area contributed by atoms with E-state index in [2.05, 4.69) is 10.0 Å². The number of nitrogens with one attached hydrogen (secondary N) is 2. The standard InChI is InChI=1S/C10H20N2O3S/c1-8-6-9(3-5-15-8)12-16(13,14)10-2-4-11-7-10/h8-12H,2-7H2,1H3. The summed E-state index contributed by atoms with van der Waals surface area (Å²) in [7, 11) is -3.15. The van der Waals surface area contributed by atoms with E-state index in [1.54, 1.807) is 0 Å². The minimum atomic E-state index is -3.15. The molecular weight excluding hydrogens is 228 g/mol. The van der Waals surface area contributed by atoms with Crippen molar-refractivity contribution in [2.24, 2.45) is 0 Å². The van der Waals surface area contributed by atoms with E-state index in [0.717, 1.165) is 19.4 Å². The zero-order chi connectivity index (χ0) is 11.6. The summed E-state index contributed by atoms with van der Waals surface area (Å²) < 4.78 is 32.3. The first-order chi connectivity index (χ1) is 7.58. The highest BCUT2D eigenvalue weighted by Crippen LogP contribution is 2.16. The lowest BCUT2D eigenvalue weighted by Crippen LogP contribution is -2.45. The molecule has 2 aliphatic rings. The van der Waals surface area contributed by atoms with Crippen LogP contribution in [0.2, 0.25) is 0 Å². The second-order valence-electron chi connectivity index (χ2n) is 4.68. The van der Waals surface area contributed by atoms with Crippen LogP contribution in [-0.2, 0) is 14.8 Å². The summed E-state index contributed by atoms with van der Waals surface area (Å²) in [5, 5.41) is 2.82. The number of rotatable bonds is 3. The van der Waals surface area contributed by atoms with Gasteiger partial charge in [-0.2, -0.15) is 0 Å². The molecule has 2 saturated heterocycles. The topological polar surface area (TPSA) is 67.4 Å². The third-order valence-electron chi connectivity index (χ3n) is 3.27. The van der Waals surface area contributed by atoms with Gasteiger partial charge in [0.2, 0.25) is 10.0 Å². The quantitative estimate of drug-likeness (QED) is 0.728. The minimum Gasteiger partial charge on any atom is -0.378 e. The van der Waals surface area contributed by atoms with Gasteiger partial charge in [-0.3, -0.25) is 0 Å². The van der Waals surface area contributed by atoms with Crippen LogP contribution in [-0.4, -0.2) is 45.5 Å². The molecule has 2 fully saturated rings. The fourth-order valence-corrected chi connectivity index (χ4v) is 3.96. The molecule has 0 spiro atoms. The molecule has 6 heteroatoms. The lowest BCUT2D eigenvalue weighted by molar-refractivity contribution is 0.0173. The first-order valence-corrected chi connectivity index (χ1v) is 7.46. The molecule has 2 aliphatic heterocycles. The second-order valence-corrected chi connectivity index (χ2v) is 6.67. The molecule has 0 amide bonds. The maximum Gasteiger partial charge on any atom is 0.216 e. The van der Waals surface area contributed by atoms with E-state index in [1.165, 1.54) is 0 Å². The fourth-order valence-electron chi connectivity index (χ4n) is 2.33. The van der Waals surface area contributed by atoms with Crippen molar-refractivity contribution < 1.29 is 13.2 Å². The summed E-state index contributed by atoms with van der Waals surface area (Å²) >= 11 is 0. The van der Waals surface area contributed by atoms with Crippen LogP contribution in [0.5, 0.6) is 0 Å². The first kappa shape index (κ1) is 12.3. The monoisotopic (exact) mass is 248 g/mol. The number of sulfonamides is 1. The Morgan fingerprint density at radius 1 is 1.38 bits per heavy atom. The molecule has 0 radical (unpaired) electrons. The molecule has 94 valence electrons. The highest BCUT2D eigenvalue weighted by Gasteiger charge is 2.31.